The highest BCUT2D eigenvalue weighted by atomic mass is 32.1. The van der Waals surface area contributed by atoms with Gasteiger partial charge < -0.3 is 15.1 Å². The SMILES string of the molecule is CCc1cnc(CNc2nnc(CNC(C)(C)C)o2)s1. The Bertz CT molecular complexity index is 543. The van der Waals surface area contributed by atoms with E-state index in [0.29, 0.717) is 25.0 Å². The Morgan fingerprint density at radius 1 is 1.25 bits per heavy atom. The lowest BCUT2D eigenvalue weighted by atomic mass is 10.1. The van der Waals surface area contributed by atoms with Crippen molar-refractivity contribution >= 4 is 17.4 Å². The van der Waals surface area contributed by atoms with E-state index in [1.807, 2.05) is 6.20 Å². The molecule has 2 aromatic heterocycles. The van der Waals surface area contributed by atoms with Crippen molar-refractivity contribution in [1.29, 1.82) is 0 Å². The van der Waals surface area contributed by atoms with Crippen molar-refractivity contribution in [3.05, 3.63) is 22.0 Å². The van der Waals surface area contributed by atoms with Crippen molar-refractivity contribution in [1.82, 2.24) is 20.5 Å². The second kappa shape index (κ2) is 6.32. The maximum atomic E-state index is 5.51. The van der Waals surface area contributed by atoms with Crippen LogP contribution in [-0.2, 0) is 19.5 Å². The van der Waals surface area contributed by atoms with Gasteiger partial charge in [0.1, 0.15) is 5.01 Å². The molecule has 2 aromatic rings. The summed E-state index contributed by atoms with van der Waals surface area (Å²) in [4.78, 5) is 5.61. The standard InChI is InChI=1S/C13H21N5OS/c1-5-9-6-14-11(20-9)8-15-12-18-17-10(19-12)7-16-13(2,3)4/h6,16H,5,7-8H2,1-4H3,(H,15,18). The van der Waals surface area contributed by atoms with Crippen LogP contribution in [-0.4, -0.2) is 20.7 Å². The molecule has 0 aliphatic rings. The van der Waals surface area contributed by atoms with Crippen LogP contribution in [0.25, 0.3) is 0 Å². The van der Waals surface area contributed by atoms with Crippen molar-refractivity contribution in [3.8, 4) is 0 Å². The minimum atomic E-state index is 0.0273. The van der Waals surface area contributed by atoms with E-state index in [0.717, 1.165) is 11.4 Å². The van der Waals surface area contributed by atoms with Gasteiger partial charge in [0.25, 0.3) is 0 Å². The minimum Gasteiger partial charge on any atom is -0.407 e. The van der Waals surface area contributed by atoms with E-state index < -0.39 is 0 Å². The third kappa shape index (κ3) is 4.57. The summed E-state index contributed by atoms with van der Waals surface area (Å²) in [5.74, 6) is 0.579. The number of aromatic nitrogens is 3. The topological polar surface area (TPSA) is 75.9 Å². The summed E-state index contributed by atoms with van der Waals surface area (Å²) in [5.41, 5.74) is 0.0273. The van der Waals surface area contributed by atoms with Gasteiger partial charge in [0, 0.05) is 16.6 Å². The minimum absolute atomic E-state index is 0.0273. The summed E-state index contributed by atoms with van der Waals surface area (Å²) < 4.78 is 5.51. The van der Waals surface area contributed by atoms with Crippen LogP contribution in [0.5, 0.6) is 0 Å². The quantitative estimate of drug-likeness (QED) is 0.853. The van der Waals surface area contributed by atoms with E-state index >= 15 is 0 Å². The molecule has 0 atom stereocenters. The predicted octanol–water partition coefficient (Wildman–Crippen LogP) is 2.59. The predicted molar refractivity (Wildman–Crippen MR) is 79.7 cm³/mol. The zero-order valence-electron chi connectivity index (χ0n) is 12.4. The van der Waals surface area contributed by atoms with E-state index in [1.54, 1.807) is 11.3 Å². The first-order valence-corrected chi connectivity index (χ1v) is 7.53. The van der Waals surface area contributed by atoms with Gasteiger partial charge >= 0.3 is 6.01 Å². The Balaban J connectivity index is 1.83. The highest BCUT2D eigenvalue weighted by molar-refractivity contribution is 7.11. The first-order valence-electron chi connectivity index (χ1n) is 6.71. The number of hydrogen-bond donors (Lipinski definition) is 2. The van der Waals surface area contributed by atoms with Gasteiger partial charge in [0.2, 0.25) is 5.89 Å². The lowest BCUT2D eigenvalue weighted by Crippen LogP contribution is -2.35. The molecule has 0 amide bonds. The molecule has 0 saturated carbocycles. The molecular weight excluding hydrogens is 274 g/mol. The molecule has 0 saturated heterocycles. The molecule has 0 radical (unpaired) electrons. The fourth-order valence-electron chi connectivity index (χ4n) is 1.48. The molecule has 6 nitrogen and oxygen atoms in total. The third-order valence-electron chi connectivity index (χ3n) is 2.58. The molecule has 0 spiro atoms. The van der Waals surface area contributed by atoms with E-state index in [-0.39, 0.29) is 5.54 Å². The average molecular weight is 295 g/mol. The lowest BCUT2D eigenvalue weighted by Gasteiger charge is -2.18. The van der Waals surface area contributed by atoms with Crippen molar-refractivity contribution < 1.29 is 4.42 Å². The van der Waals surface area contributed by atoms with Crippen LogP contribution >= 0.6 is 11.3 Å². The van der Waals surface area contributed by atoms with Gasteiger partial charge in [-0.2, -0.15) is 0 Å². The van der Waals surface area contributed by atoms with Gasteiger partial charge in [0.05, 0.1) is 13.1 Å². The largest absolute Gasteiger partial charge is 0.407 e. The Morgan fingerprint density at radius 3 is 2.70 bits per heavy atom. The van der Waals surface area contributed by atoms with Crippen LogP contribution < -0.4 is 10.6 Å². The van der Waals surface area contributed by atoms with Gasteiger partial charge in [-0.15, -0.1) is 16.4 Å². The Morgan fingerprint density at radius 2 is 2.05 bits per heavy atom. The number of nitrogens with zero attached hydrogens (tertiary/aromatic N) is 3. The average Bonchev–Trinajstić information content (AvgIpc) is 3.02. The summed E-state index contributed by atoms with van der Waals surface area (Å²) in [6, 6.07) is 0.434. The molecule has 0 unspecified atom stereocenters. The number of nitrogens with one attached hydrogen (secondary N) is 2. The van der Waals surface area contributed by atoms with E-state index in [1.165, 1.54) is 4.88 Å². The molecule has 0 bridgehead atoms. The third-order valence-corrected chi connectivity index (χ3v) is 3.72. The molecule has 20 heavy (non-hydrogen) atoms. The van der Waals surface area contributed by atoms with Gasteiger partial charge in [0.15, 0.2) is 0 Å². The highest BCUT2D eigenvalue weighted by Gasteiger charge is 2.12. The normalized spacial score (nSPS) is 11.8. The molecular formula is C13H21N5OS. The summed E-state index contributed by atoms with van der Waals surface area (Å²) in [5, 5.41) is 15.4. The van der Waals surface area contributed by atoms with Gasteiger partial charge in [-0.05, 0) is 27.2 Å². The first-order chi connectivity index (χ1) is 9.46. The van der Waals surface area contributed by atoms with Crippen LogP contribution in [0.4, 0.5) is 6.01 Å². The van der Waals surface area contributed by atoms with Crippen molar-refractivity contribution in [2.75, 3.05) is 5.32 Å². The van der Waals surface area contributed by atoms with Crippen molar-refractivity contribution in [2.24, 2.45) is 0 Å². The molecule has 0 aliphatic heterocycles. The zero-order valence-corrected chi connectivity index (χ0v) is 13.2. The van der Waals surface area contributed by atoms with Crippen molar-refractivity contribution in [3.63, 3.8) is 0 Å². The molecule has 2 rings (SSSR count). The van der Waals surface area contributed by atoms with Gasteiger partial charge in [-0.25, -0.2) is 4.98 Å². The highest BCUT2D eigenvalue weighted by Crippen LogP contribution is 2.15. The Kier molecular flexibility index (Phi) is 4.72. The summed E-state index contributed by atoms with van der Waals surface area (Å²) >= 11 is 1.70. The smallest absolute Gasteiger partial charge is 0.315 e. The number of anilines is 1. The van der Waals surface area contributed by atoms with E-state index in [9.17, 15) is 0 Å². The molecule has 2 N–H and O–H groups in total. The molecule has 7 heteroatoms. The van der Waals surface area contributed by atoms with Crippen LogP contribution in [0.1, 0.15) is 43.5 Å². The second-order valence-corrected chi connectivity index (χ2v) is 6.73. The molecule has 2 heterocycles. The zero-order chi connectivity index (χ0) is 14.6. The molecule has 0 fully saturated rings. The number of rotatable bonds is 6. The van der Waals surface area contributed by atoms with Crippen molar-refractivity contribution in [2.45, 2.75) is 52.7 Å². The van der Waals surface area contributed by atoms with Gasteiger partial charge in [-0.1, -0.05) is 12.0 Å². The Hall–Kier alpha value is -1.47. The van der Waals surface area contributed by atoms with Gasteiger partial charge in [-0.3, -0.25) is 0 Å². The fraction of sp³-hybridized carbons (Fsp3) is 0.615. The van der Waals surface area contributed by atoms with Crippen LogP contribution in [0, 0.1) is 0 Å². The second-order valence-electron chi connectivity index (χ2n) is 5.53. The molecule has 110 valence electrons. The van der Waals surface area contributed by atoms with E-state index in [4.69, 9.17) is 4.42 Å². The number of thiazole rings is 1. The first kappa shape index (κ1) is 14.9. The summed E-state index contributed by atoms with van der Waals surface area (Å²) in [6.45, 7) is 9.58. The fourth-order valence-corrected chi connectivity index (χ4v) is 2.28. The molecule has 0 aromatic carbocycles. The monoisotopic (exact) mass is 295 g/mol. The van der Waals surface area contributed by atoms with Crippen LogP contribution in [0.15, 0.2) is 10.6 Å². The number of hydrogen-bond acceptors (Lipinski definition) is 7. The lowest BCUT2D eigenvalue weighted by molar-refractivity contribution is 0.383. The maximum absolute atomic E-state index is 5.51. The van der Waals surface area contributed by atoms with E-state index in [2.05, 4.69) is 53.5 Å². The Labute approximate surface area is 123 Å². The maximum Gasteiger partial charge on any atom is 0.315 e. The number of aryl methyl sites for hydroxylation is 1. The molecule has 0 aliphatic carbocycles. The summed E-state index contributed by atoms with van der Waals surface area (Å²) in [7, 11) is 0. The van der Waals surface area contributed by atoms with Crippen LogP contribution in [0.3, 0.4) is 0 Å². The summed E-state index contributed by atoms with van der Waals surface area (Å²) in [6.07, 6.45) is 2.93. The van der Waals surface area contributed by atoms with Crippen LogP contribution in [0.2, 0.25) is 0 Å².